The average Bonchev–Trinajstić information content (AvgIpc) is 2.84. The standard InChI is InChI=1S/C26H34N4O2/c31-25-18-30(16-12-24(25)29-15-11-19-3-1-2-4-21(19)17-29)26(32)20-5-7-22(8-6-20)28-23-9-13-27-14-10-23/h1-8,23-25,27-28,31H,9-18H2. The summed E-state index contributed by atoms with van der Waals surface area (Å²) >= 11 is 0. The topological polar surface area (TPSA) is 67.8 Å². The van der Waals surface area contributed by atoms with Gasteiger partial charge in [-0.05, 0) is 74.2 Å². The molecule has 3 heterocycles. The Morgan fingerprint density at radius 1 is 0.969 bits per heavy atom. The van der Waals surface area contributed by atoms with Crippen LogP contribution in [0.2, 0.25) is 0 Å². The van der Waals surface area contributed by atoms with E-state index < -0.39 is 6.10 Å². The lowest BCUT2D eigenvalue weighted by Gasteiger charge is -2.43. The quantitative estimate of drug-likeness (QED) is 0.690. The van der Waals surface area contributed by atoms with Crippen molar-refractivity contribution in [2.24, 2.45) is 0 Å². The molecule has 5 rings (SSSR count). The number of likely N-dealkylation sites (tertiary alicyclic amines) is 1. The maximum atomic E-state index is 13.1. The van der Waals surface area contributed by atoms with Crippen LogP contribution < -0.4 is 10.6 Å². The average molecular weight is 435 g/mol. The zero-order valence-electron chi connectivity index (χ0n) is 18.7. The van der Waals surface area contributed by atoms with Crippen molar-refractivity contribution < 1.29 is 9.90 Å². The molecule has 2 aromatic rings. The van der Waals surface area contributed by atoms with E-state index in [2.05, 4.69) is 39.8 Å². The van der Waals surface area contributed by atoms with E-state index in [0.717, 1.165) is 57.5 Å². The van der Waals surface area contributed by atoms with E-state index in [-0.39, 0.29) is 11.9 Å². The molecule has 170 valence electrons. The van der Waals surface area contributed by atoms with Gasteiger partial charge in [0.15, 0.2) is 0 Å². The number of hydrogen-bond donors (Lipinski definition) is 3. The van der Waals surface area contributed by atoms with E-state index in [9.17, 15) is 9.90 Å². The Morgan fingerprint density at radius 3 is 2.47 bits per heavy atom. The lowest BCUT2D eigenvalue weighted by atomic mass is 9.94. The number of rotatable bonds is 4. The molecule has 0 aliphatic carbocycles. The molecule has 6 heteroatoms. The van der Waals surface area contributed by atoms with Crippen LogP contribution in [0.1, 0.15) is 40.7 Å². The van der Waals surface area contributed by atoms with Crippen LogP contribution in [0.3, 0.4) is 0 Å². The number of carbonyl (C=O) groups excluding carboxylic acids is 1. The zero-order chi connectivity index (χ0) is 21.9. The van der Waals surface area contributed by atoms with Crippen LogP contribution >= 0.6 is 0 Å². The van der Waals surface area contributed by atoms with Gasteiger partial charge in [0.1, 0.15) is 0 Å². The predicted octanol–water partition coefficient (Wildman–Crippen LogP) is 2.48. The van der Waals surface area contributed by atoms with Crippen LogP contribution in [0.25, 0.3) is 0 Å². The molecular weight excluding hydrogens is 400 g/mol. The summed E-state index contributed by atoms with van der Waals surface area (Å²) in [4.78, 5) is 17.3. The van der Waals surface area contributed by atoms with Gasteiger partial charge in [-0.2, -0.15) is 0 Å². The lowest BCUT2D eigenvalue weighted by molar-refractivity contribution is -0.0137. The molecule has 1 amide bonds. The zero-order valence-corrected chi connectivity index (χ0v) is 18.7. The molecule has 0 saturated carbocycles. The molecular formula is C26H34N4O2. The Balaban J connectivity index is 1.17. The fourth-order valence-corrected chi connectivity index (χ4v) is 5.42. The second kappa shape index (κ2) is 9.61. The number of nitrogens with zero attached hydrogens (tertiary/aromatic N) is 2. The molecule has 2 atom stereocenters. The van der Waals surface area contributed by atoms with E-state index in [1.165, 1.54) is 11.1 Å². The van der Waals surface area contributed by atoms with Gasteiger partial charge in [-0.15, -0.1) is 0 Å². The summed E-state index contributed by atoms with van der Waals surface area (Å²) in [5.74, 6) is 0.0138. The van der Waals surface area contributed by atoms with Crippen molar-refractivity contribution in [1.29, 1.82) is 0 Å². The van der Waals surface area contributed by atoms with E-state index in [1.807, 2.05) is 29.2 Å². The van der Waals surface area contributed by atoms with Crippen molar-refractivity contribution in [3.8, 4) is 0 Å². The highest BCUT2D eigenvalue weighted by Crippen LogP contribution is 2.26. The first-order valence-electron chi connectivity index (χ1n) is 12.0. The first-order valence-corrected chi connectivity index (χ1v) is 12.0. The number of fused-ring (bicyclic) bond motifs is 1. The number of carbonyl (C=O) groups is 1. The number of piperidine rings is 2. The van der Waals surface area contributed by atoms with Crippen molar-refractivity contribution in [2.45, 2.75) is 50.4 Å². The van der Waals surface area contributed by atoms with Crippen molar-refractivity contribution >= 4 is 11.6 Å². The van der Waals surface area contributed by atoms with E-state index >= 15 is 0 Å². The molecule has 2 saturated heterocycles. The van der Waals surface area contributed by atoms with Crippen LogP contribution in [-0.4, -0.2) is 71.7 Å². The van der Waals surface area contributed by atoms with Gasteiger partial charge >= 0.3 is 0 Å². The van der Waals surface area contributed by atoms with Crippen LogP contribution in [-0.2, 0) is 13.0 Å². The van der Waals surface area contributed by atoms with Crippen LogP contribution in [0.15, 0.2) is 48.5 Å². The van der Waals surface area contributed by atoms with Gasteiger partial charge in [0.25, 0.3) is 5.91 Å². The molecule has 3 N–H and O–H groups in total. The van der Waals surface area contributed by atoms with E-state index in [1.54, 1.807) is 0 Å². The third kappa shape index (κ3) is 4.68. The summed E-state index contributed by atoms with van der Waals surface area (Å²) in [5.41, 5.74) is 4.54. The minimum atomic E-state index is -0.515. The largest absolute Gasteiger partial charge is 0.390 e. The first kappa shape index (κ1) is 21.4. The maximum Gasteiger partial charge on any atom is 0.253 e. The molecule has 6 nitrogen and oxygen atoms in total. The summed E-state index contributed by atoms with van der Waals surface area (Å²) in [6, 6.07) is 17.0. The Hall–Kier alpha value is -2.41. The van der Waals surface area contributed by atoms with E-state index in [0.29, 0.717) is 24.7 Å². The minimum absolute atomic E-state index is 0.0138. The minimum Gasteiger partial charge on any atom is -0.390 e. The van der Waals surface area contributed by atoms with Gasteiger partial charge < -0.3 is 20.6 Å². The molecule has 0 spiro atoms. The van der Waals surface area contributed by atoms with Gasteiger partial charge in [-0.3, -0.25) is 9.69 Å². The molecule has 0 aromatic heterocycles. The van der Waals surface area contributed by atoms with Gasteiger partial charge in [-0.1, -0.05) is 24.3 Å². The normalized spacial score (nSPS) is 24.7. The van der Waals surface area contributed by atoms with Crippen molar-refractivity contribution in [1.82, 2.24) is 15.1 Å². The highest BCUT2D eigenvalue weighted by molar-refractivity contribution is 5.94. The van der Waals surface area contributed by atoms with Crippen molar-refractivity contribution in [2.75, 3.05) is 38.0 Å². The van der Waals surface area contributed by atoms with Gasteiger partial charge in [0.05, 0.1) is 6.10 Å². The fourth-order valence-electron chi connectivity index (χ4n) is 5.42. The summed E-state index contributed by atoms with van der Waals surface area (Å²) in [6.45, 7) is 5.05. The Labute approximate surface area is 190 Å². The Kier molecular flexibility index (Phi) is 6.44. The second-order valence-electron chi connectivity index (χ2n) is 9.41. The number of aliphatic hydroxyl groups excluding tert-OH is 1. The molecule has 2 fully saturated rings. The lowest BCUT2D eigenvalue weighted by Crippen LogP contribution is -2.56. The maximum absolute atomic E-state index is 13.1. The van der Waals surface area contributed by atoms with Crippen LogP contribution in [0, 0.1) is 0 Å². The number of amides is 1. The summed E-state index contributed by atoms with van der Waals surface area (Å²) < 4.78 is 0. The molecule has 0 radical (unpaired) electrons. The highest BCUT2D eigenvalue weighted by atomic mass is 16.3. The smallest absolute Gasteiger partial charge is 0.253 e. The molecule has 0 bridgehead atoms. The number of aliphatic hydroxyl groups is 1. The number of anilines is 1. The summed E-state index contributed by atoms with van der Waals surface area (Å²) in [6.07, 6.45) is 3.56. The molecule has 3 aliphatic heterocycles. The monoisotopic (exact) mass is 434 g/mol. The third-order valence-electron chi connectivity index (χ3n) is 7.30. The second-order valence-corrected chi connectivity index (χ2v) is 9.41. The highest BCUT2D eigenvalue weighted by Gasteiger charge is 2.35. The summed E-state index contributed by atoms with van der Waals surface area (Å²) in [7, 11) is 0. The Bertz CT molecular complexity index is 926. The SMILES string of the molecule is O=C(c1ccc(NC2CCNCC2)cc1)N1CCC(N2CCc3ccccc3C2)C(O)C1. The molecule has 3 aliphatic rings. The molecule has 32 heavy (non-hydrogen) atoms. The van der Waals surface area contributed by atoms with Gasteiger partial charge in [-0.25, -0.2) is 0 Å². The summed E-state index contributed by atoms with van der Waals surface area (Å²) in [5, 5.41) is 17.9. The molecule has 2 unspecified atom stereocenters. The van der Waals surface area contributed by atoms with E-state index in [4.69, 9.17) is 0 Å². The molecule has 2 aromatic carbocycles. The van der Waals surface area contributed by atoms with Gasteiger partial charge in [0, 0.05) is 49.5 Å². The van der Waals surface area contributed by atoms with Gasteiger partial charge in [0.2, 0.25) is 0 Å². The number of β-amino-alcohol motifs (C(OH)–C–C–N with tert-alkyl or cyclic N) is 1. The fraction of sp³-hybridized carbons (Fsp3) is 0.500. The number of benzene rings is 2. The Morgan fingerprint density at radius 2 is 1.72 bits per heavy atom. The number of nitrogens with one attached hydrogen (secondary N) is 2. The van der Waals surface area contributed by atoms with Crippen LogP contribution in [0.5, 0.6) is 0 Å². The predicted molar refractivity (Wildman–Crippen MR) is 127 cm³/mol. The third-order valence-corrected chi connectivity index (χ3v) is 7.30. The van der Waals surface area contributed by atoms with Crippen molar-refractivity contribution in [3.63, 3.8) is 0 Å². The van der Waals surface area contributed by atoms with Crippen molar-refractivity contribution in [3.05, 3.63) is 65.2 Å². The van der Waals surface area contributed by atoms with Crippen LogP contribution in [0.4, 0.5) is 5.69 Å². The number of hydrogen-bond acceptors (Lipinski definition) is 5. The first-order chi connectivity index (χ1) is 15.7.